The molecular weight excluding hydrogens is 333 g/mol. The van der Waals surface area contributed by atoms with Crippen LogP contribution in [0.4, 0.5) is 4.39 Å². The van der Waals surface area contributed by atoms with Crippen molar-refractivity contribution in [2.45, 2.75) is 32.4 Å². The molecule has 1 N–H and O–H groups in total. The predicted octanol–water partition coefficient (Wildman–Crippen LogP) is 3.89. The van der Waals surface area contributed by atoms with Gasteiger partial charge in [-0.15, -0.1) is 0 Å². The highest BCUT2D eigenvalue weighted by atomic mass is 19.1. The fourth-order valence-electron chi connectivity index (χ4n) is 3.14. The van der Waals surface area contributed by atoms with Crippen LogP contribution in [0.2, 0.25) is 0 Å². The fourth-order valence-corrected chi connectivity index (χ4v) is 3.14. The van der Waals surface area contributed by atoms with Gasteiger partial charge in [0.1, 0.15) is 17.7 Å². The fraction of sp³-hybridized carbons (Fsp3) is 0.286. The van der Waals surface area contributed by atoms with Gasteiger partial charge in [0.15, 0.2) is 6.73 Å². The van der Waals surface area contributed by atoms with Crippen molar-refractivity contribution in [3.8, 4) is 0 Å². The van der Waals surface area contributed by atoms with E-state index in [9.17, 15) is 14.3 Å². The van der Waals surface area contributed by atoms with Crippen LogP contribution in [0, 0.1) is 5.82 Å². The van der Waals surface area contributed by atoms with E-state index in [2.05, 4.69) is 0 Å². The topological polar surface area (TPSA) is 49.8 Å². The van der Waals surface area contributed by atoms with Crippen LogP contribution < -0.4 is 0 Å². The maximum Gasteiger partial charge on any atom is 0.261 e. The number of nitrogens with zero attached hydrogens (tertiary/aromatic N) is 1. The van der Waals surface area contributed by atoms with E-state index >= 15 is 0 Å². The standard InChI is InChI=1S/C21H22FNO3/c1-14-18(15-7-5-4-6-8-15)20(25)23(13-26-14)21(2,3)19(24)16-9-11-17(22)12-10-16/h4-12,19,24H,13H2,1-3H3. The molecule has 0 bridgehead atoms. The lowest BCUT2D eigenvalue weighted by Crippen LogP contribution is -2.54. The van der Waals surface area contributed by atoms with E-state index in [1.54, 1.807) is 20.8 Å². The molecule has 0 aliphatic carbocycles. The summed E-state index contributed by atoms with van der Waals surface area (Å²) < 4.78 is 18.9. The molecule has 0 saturated carbocycles. The minimum Gasteiger partial charge on any atom is -0.477 e. The molecule has 1 aliphatic heterocycles. The van der Waals surface area contributed by atoms with Gasteiger partial charge < -0.3 is 9.84 Å². The quantitative estimate of drug-likeness (QED) is 0.905. The van der Waals surface area contributed by atoms with Crippen molar-refractivity contribution in [1.82, 2.24) is 4.90 Å². The smallest absolute Gasteiger partial charge is 0.261 e. The molecule has 0 radical (unpaired) electrons. The van der Waals surface area contributed by atoms with Gasteiger partial charge in [0.25, 0.3) is 5.91 Å². The number of hydrogen-bond donors (Lipinski definition) is 1. The van der Waals surface area contributed by atoms with Crippen LogP contribution in [0.1, 0.15) is 38.0 Å². The first kappa shape index (κ1) is 18.1. The zero-order valence-corrected chi connectivity index (χ0v) is 15.1. The maximum absolute atomic E-state index is 13.2. The highest BCUT2D eigenvalue weighted by Gasteiger charge is 2.42. The van der Waals surface area contributed by atoms with Crippen LogP contribution in [0.25, 0.3) is 5.57 Å². The summed E-state index contributed by atoms with van der Waals surface area (Å²) in [5.41, 5.74) is 0.843. The van der Waals surface area contributed by atoms with Crippen molar-refractivity contribution in [3.05, 3.63) is 77.3 Å². The first-order valence-corrected chi connectivity index (χ1v) is 8.47. The second kappa shape index (κ2) is 6.92. The van der Waals surface area contributed by atoms with Gasteiger partial charge in [-0.05, 0) is 44.0 Å². The second-order valence-corrected chi connectivity index (χ2v) is 6.91. The number of halogens is 1. The monoisotopic (exact) mass is 355 g/mol. The first-order chi connectivity index (χ1) is 12.3. The minimum absolute atomic E-state index is 0.0479. The Kier molecular flexibility index (Phi) is 4.83. The molecule has 3 rings (SSSR count). The van der Waals surface area contributed by atoms with Crippen molar-refractivity contribution in [2.24, 2.45) is 0 Å². The van der Waals surface area contributed by atoms with E-state index in [0.717, 1.165) is 5.56 Å². The summed E-state index contributed by atoms with van der Waals surface area (Å²) in [6, 6.07) is 15.0. The molecule has 1 heterocycles. The van der Waals surface area contributed by atoms with Crippen LogP contribution in [-0.2, 0) is 9.53 Å². The number of ether oxygens (including phenoxy) is 1. The number of aliphatic hydroxyl groups is 1. The third-order valence-electron chi connectivity index (χ3n) is 4.83. The first-order valence-electron chi connectivity index (χ1n) is 8.47. The van der Waals surface area contributed by atoms with Crippen LogP contribution in [0.5, 0.6) is 0 Å². The van der Waals surface area contributed by atoms with Gasteiger partial charge in [0.2, 0.25) is 0 Å². The van der Waals surface area contributed by atoms with Crippen molar-refractivity contribution in [2.75, 3.05) is 6.73 Å². The van der Waals surface area contributed by atoms with Crippen LogP contribution in [0.3, 0.4) is 0 Å². The second-order valence-electron chi connectivity index (χ2n) is 6.91. The number of carbonyl (C=O) groups is 1. The molecule has 0 fully saturated rings. The Balaban J connectivity index is 1.93. The zero-order chi connectivity index (χ0) is 18.9. The number of allylic oxidation sites excluding steroid dienone is 1. The predicted molar refractivity (Wildman–Crippen MR) is 97.3 cm³/mol. The third-order valence-corrected chi connectivity index (χ3v) is 4.83. The Morgan fingerprint density at radius 3 is 2.35 bits per heavy atom. The summed E-state index contributed by atoms with van der Waals surface area (Å²) in [6.07, 6.45) is -0.994. The summed E-state index contributed by atoms with van der Waals surface area (Å²) in [4.78, 5) is 14.7. The molecule has 4 nitrogen and oxygen atoms in total. The van der Waals surface area contributed by atoms with Crippen molar-refractivity contribution in [1.29, 1.82) is 0 Å². The van der Waals surface area contributed by atoms with Gasteiger partial charge in [-0.1, -0.05) is 42.5 Å². The normalized spacial score (nSPS) is 16.5. The average Bonchev–Trinajstić information content (AvgIpc) is 2.62. The zero-order valence-electron chi connectivity index (χ0n) is 15.1. The number of aliphatic hydroxyl groups excluding tert-OH is 1. The molecule has 5 heteroatoms. The Labute approximate surface area is 152 Å². The van der Waals surface area contributed by atoms with Crippen LogP contribution in [-0.4, -0.2) is 28.2 Å². The van der Waals surface area contributed by atoms with Gasteiger partial charge in [-0.3, -0.25) is 9.69 Å². The largest absolute Gasteiger partial charge is 0.477 e. The summed E-state index contributed by atoms with van der Waals surface area (Å²) in [7, 11) is 0. The molecule has 1 atom stereocenters. The average molecular weight is 355 g/mol. The van der Waals surface area contributed by atoms with Gasteiger partial charge in [0, 0.05) is 0 Å². The van der Waals surface area contributed by atoms with Gasteiger partial charge in [0.05, 0.1) is 11.1 Å². The van der Waals surface area contributed by atoms with Crippen molar-refractivity contribution >= 4 is 11.5 Å². The molecule has 2 aromatic rings. The molecule has 1 unspecified atom stereocenters. The van der Waals surface area contributed by atoms with Crippen molar-refractivity contribution in [3.63, 3.8) is 0 Å². The molecule has 1 amide bonds. The highest BCUT2D eigenvalue weighted by Crippen LogP contribution is 2.36. The number of hydrogen-bond acceptors (Lipinski definition) is 3. The molecular formula is C21H22FNO3. The Morgan fingerprint density at radius 2 is 1.73 bits per heavy atom. The summed E-state index contributed by atoms with van der Waals surface area (Å²) in [5, 5.41) is 10.8. The Morgan fingerprint density at radius 1 is 1.12 bits per heavy atom. The Hall–Kier alpha value is -2.66. The lowest BCUT2D eigenvalue weighted by atomic mass is 9.88. The number of benzene rings is 2. The van der Waals surface area contributed by atoms with Crippen LogP contribution in [0.15, 0.2) is 60.4 Å². The van der Waals surface area contributed by atoms with Crippen molar-refractivity contribution < 1.29 is 19.0 Å². The number of amides is 1. The molecule has 26 heavy (non-hydrogen) atoms. The number of rotatable bonds is 4. The van der Waals surface area contributed by atoms with E-state index in [4.69, 9.17) is 4.74 Å². The summed E-state index contributed by atoms with van der Waals surface area (Å²) in [6.45, 7) is 5.35. The third kappa shape index (κ3) is 3.22. The van der Waals surface area contributed by atoms with E-state index in [-0.39, 0.29) is 18.5 Å². The molecule has 136 valence electrons. The van der Waals surface area contributed by atoms with E-state index in [1.807, 2.05) is 30.3 Å². The number of carbonyl (C=O) groups excluding carboxylic acids is 1. The molecule has 0 aromatic heterocycles. The minimum atomic E-state index is -0.994. The maximum atomic E-state index is 13.2. The summed E-state index contributed by atoms with van der Waals surface area (Å²) >= 11 is 0. The molecule has 1 aliphatic rings. The lowest BCUT2D eigenvalue weighted by Gasteiger charge is -2.44. The van der Waals surface area contributed by atoms with E-state index in [0.29, 0.717) is 16.9 Å². The van der Waals surface area contributed by atoms with Gasteiger partial charge >= 0.3 is 0 Å². The molecule has 2 aromatic carbocycles. The molecule has 0 saturated heterocycles. The highest BCUT2D eigenvalue weighted by molar-refractivity contribution is 6.20. The SMILES string of the molecule is CC1=C(c2ccccc2)C(=O)N(C(C)(C)C(O)c2ccc(F)cc2)CO1. The van der Waals surface area contributed by atoms with Crippen LogP contribution >= 0.6 is 0 Å². The van der Waals surface area contributed by atoms with E-state index < -0.39 is 11.6 Å². The Bertz CT molecular complexity index is 828. The van der Waals surface area contributed by atoms with Gasteiger partial charge in [-0.25, -0.2) is 4.39 Å². The summed E-state index contributed by atoms with van der Waals surface area (Å²) in [5.74, 6) is -0.0170. The molecule has 0 spiro atoms. The lowest BCUT2D eigenvalue weighted by molar-refractivity contribution is -0.146. The van der Waals surface area contributed by atoms with Gasteiger partial charge in [-0.2, -0.15) is 0 Å². The van der Waals surface area contributed by atoms with E-state index in [1.165, 1.54) is 29.2 Å².